The van der Waals surface area contributed by atoms with Gasteiger partial charge in [0, 0.05) is 25.7 Å². The van der Waals surface area contributed by atoms with Crippen LogP contribution in [-0.2, 0) is 0 Å². The van der Waals surface area contributed by atoms with Crippen molar-refractivity contribution in [2.75, 3.05) is 29.9 Å². The second-order valence-corrected chi connectivity index (χ2v) is 5.16. The number of aliphatic hydroxyl groups excluding tert-OH is 1. The van der Waals surface area contributed by atoms with Gasteiger partial charge in [0.15, 0.2) is 0 Å². The van der Waals surface area contributed by atoms with E-state index >= 15 is 0 Å². The van der Waals surface area contributed by atoms with Crippen molar-refractivity contribution >= 4 is 11.6 Å². The van der Waals surface area contributed by atoms with Gasteiger partial charge in [-0.1, -0.05) is 13.3 Å². The van der Waals surface area contributed by atoms with E-state index < -0.39 is 0 Å². The molecule has 5 heteroatoms. The summed E-state index contributed by atoms with van der Waals surface area (Å²) < 4.78 is 0. The predicted molar refractivity (Wildman–Crippen MR) is 77.6 cm³/mol. The monoisotopic (exact) mass is 264 g/mol. The summed E-state index contributed by atoms with van der Waals surface area (Å²) in [4.78, 5) is 11.1. The Hall–Kier alpha value is -1.36. The zero-order valence-electron chi connectivity index (χ0n) is 11.9. The Morgan fingerprint density at radius 3 is 2.79 bits per heavy atom. The van der Waals surface area contributed by atoms with E-state index in [1.54, 1.807) is 0 Å². The molecule has 2 heterocycles. The largest absolute Gasteiger partial charge is 0.393 e. The van der Waals surface area contributed by atoms with Crippen LogP contribution >= 0.6 is 0 Å². The molecule has 0 aromatic carbocycles. The van der Waals surface area contributed by atoms with Gasteiger partial charge in [-0.2, -0.15) is 0 Å². The molecule has 1 aliphatic heterocycles. The van der Waals surface area contributed by atoms with E-state index in [0.717, 1.165) is 56.4 Å². The SMILES string of the molecule is CCCCNc1cc(N2CCC(O)CC2)nc(C)n1. The average Bonchev–Trinajstić information content (AvgIpc) is 2.39. The summed E-state index contributed by atoms with van der Waals surface area (Å²) in [5.41, 5.74) is 0. The summed E-state index contributed by atoms with van der Waals surface area (Å²) in [5, 5.41) is 12.9. The molecule has 1 fully saturated rings. The molecule has 2 rings (SSSR count). The van der Waals surface area contributed by atoms with Gasteiger partial charge in [-0.05, 0) is 26.2 Å². The van der Waals surface area contributed by atoms with Crippen molar-refractivity contribution in [2.24, 2.45) is 0 Å². The van der Waals surface area contributed by atoms with Gasteiger partial charge in [-0.3, -0.25) is 0 Å². The van der Waals surface area contributed by atoms with E-state index in [4.69, 9.17) is 0 Å². The molecule has 106 valence electrons. The smallest absolute Gasteiger partial charge is 0.134 e. The third-order valence-corrected chi connectivity index (χ3v) is 3.45. The van der Waals surface area contributed by atoms with Crippen molar-refractivity contribution in [3.63, 3.8) is 0 Å². The summed E-state index contributed by atoms with van der Waals surface area (Å²) in [6, 6.07) is 2.01. The lowest BCUT2D eigenvalue weighted by atomic mass is 10.1. The number of hydrogen-bond acceptors (Lipinski definition) is 5. The van der Waals surface area contributed by atoms with E-state index in [1.165, 1.54) is 6.42 Å². The van der Waals surface area contributed by atoms with E-state index in [-0.39, 0.29) is 6.10 Å². The van der Waals surface area contributed by atoms with Gasteiger partial charge >= 0.3 is 0 Å². The van der Waals surface area contributed by atoms with Crippen LogP contribution in [0.1, 0.15) is 38.4 Å². The standard InChI is InChI=1S/C14H24N4O/c1-3-4-7-15-13-10-14(17-11(2)16-13)18-8-5-12(19)6-9-18/h10,12,19H,3-9H2,1-2H3,(H,15,16,17). The maximum Gasteiger partial charge on any atom is 0.134 e. The topological polar surface area (TPSA) is 61.3 Å². The van der Waals surface area contributed by atoms with Crippen molar-refractivity contribution in [1.29, 1.82) is 0 Å². The van der Waals surface area contributed by atoms with Gasteiger partial charge in [-0.25, -0.2) is 9.97 Å². The summed E-state index contributed by atoms with van der Waals surface area (Å²) in [6.45, 7) is 6.79. The molecule has 1 saturated heterocycles. The van der Waals surface area contributed by atoms with Crippen LogP contribution < -0.4 is 10.2 Å². The molecular weight excluding hydrogens is 240 g/mol. The molecule has 1 aromatic rings. The lowest BCUT2D eigenvalue weighted by Gasteiger charge is -2.30. The third-order valence-electron chi connectivity index (χ3n) is 3.45. The maximum absolute atomic E-state index is 9.55. The molecule has 2 N–H and O–H groups in total. The quantitative estimate of drug-likeness (QED) is 0.796. The van der Waals surface area contributed by atoms with Gasteiger partial charge in [0.25, 0.3) is 0 Å². The molecule has 0 saturated carbocycles. The fraction of sp³-hybridized carbons (Fsp3) is 0.714. The second-order valence-electron chi connectivity index (χ2n) is 5.16. The Bertz CT molecular complexity index is 402. The zero-order chi connectivity index (χ0) is 13.7. The number of nitrogens with zero attached hydrogens (tertiary/aromatic N) is 3. The van der Waals surface area contributed by atoms with Crippen LogP contribution in [0, 0.1) is 6.92 Å². The number of rotatable bonds is 5. The van der Waals surface area contributed by atoms with Crippen LogP contribution in [0.2, 0.25) is 0 Å². The second kappa shape index (κ2) is 6.70. The third kappa shape index (κ3) is 4.06. The molecule has 0 aliphatic carbocycles. The van der Waals surface area contributed by atoms with Crippen LogP contribution in [-0.4, -0.2) is 40.8 Å². The number of aromatic nitrogens is 2. The van der Waals surface area contributed by atoms with E-state index in [9.17, 15) is 5.11 Å². The van der Waals surface area contributed by atoms with Gasteiger partial charge in [0.1, 0.15) is 17.5 Å². The number of aliphatic hydroxyl groups is 1. The first kappa shape index (κ1) is 14.1. The summed E-state index contributed by atoms with van der Waals surface area (Å²) in [7, 11) is 0. The number of unbranched alkanes of at least 4 members (excludes halogenated alkanes) is 1. The first-order valence-electron chi connectivity index (χ1n) is 7.21. The maximum atomic E-state index is 9.55. The fourth-order valence-electron chi connectivity index (χ4n) is 2.29. The van der Waals surface area contributed by atoms with E-state index in [1.807, 2.05) is 13.0 Å². The molecule has 1 aromatic heterocycles. The lowest BCUT2D eigenvalue weighted by Crippen LogP contribution is -2.36. The Labute approximate surface area is 115 Å². The highest BCUT2D eigenvalue weighted by atomic mass is 16.3. The average molecular weight is 264 g/mol. The van der Waals surface area contributed by atoms with Crippen LogP contribution in [0.5, 0.6) is 0 Å². The number of piperidine rings is 1. The summed E-state index contributed by atoms with van der Waals surface area (Å²) >= 11 is 0. The number of hydrogen-bond donors (Lipinski definition) is 2. The van der Waals surface area contributed by atoms with Gasteiger partial charge < -0.3 is 15.3 Å². The first-order chi connectivity index (χ1) is 9.19. The molecule has 0 amide bonds. The number of anilines is 2. The fourth-order valence-corrected chi connectivity index (χ4v) is 2.29. The normalized spacial score (nSPS) is 16.7. The van der Waals surface area contributed by atoms with Crippen molar-refractivity contribution in [2.45, 2.75) is 45.6 Å². The van der Waals surface area contributed by atoms with E-state index in [0.29, 0.717) is 0 Å². The molecular formula is C14H24N4O. The Balaban J connectivity index is 2.03. The molecule has 0 unspecified atom stereocenters. The highest BCUT2D eigenvalue weighted by molar-refractivity contribution is 5.49. The molecule has 19 heavy (non-hydrogen) atoms. The predicted octanol–water partition coefficient (Wildman–Crippen LogP) is 1.96. The van der Waals surface area contributed by atoms with Crippen molar-refractivity contribution in [3.8, 4) is 0 Å². The van der Waals surface area contributed by atoms with Crippen molar-refractivity contribution in [3.05, 3.63) is 11.9 Å². The van der Waals surface area contributed by atoms with Gasteiger partial charge in [-0.15, -0.1) is 0 Å². The van der Waals surface area contributed by atoms with Crippen molar-refractivity contribution < 1.29 is 5.11 Å². The van der Waals surface area contributed by atoms with Gasteiger partial charge in [0.05, 0.1) is 6.10 Å². The Morgan fingerprint density at radius 1 is 1.37 bits per heavy atom. The minimum absolute atomic E-state index is 0.152. The van der Waals surface area contributed by atoms with E-state index in [2.05, 4.69) is 27.1 Å². The van der Waals surface area contributed by atoms with Crippen LogP contribution in [0.15, 0.2) is 6.07 Å². The Kier molecular flexibility index (Phi) is 4.96. The Morgan fingerprint density at radius 2 is 2.11 bits per heavy atom. The minimum Gasteiger partial charge on any atom is -0.393 e. The molecule has 0 atom stereocenters. The van der Waals surface area contributed by atoms with Crippen LogP contribution in [0.25, 0.3) is 0 Å². The highest BCUT2D eigenvalue weighted by Gasteiger charge is 2.18. The molecule has 0 spiro atoms. The van der Waals surface area contributed by atoms with Gasteiger partial charge in [0.2, 0.25) is 0 Å². The lowest BCUT2D eigenvalue weighted by molar-refractivity contribution is 0.145. The zero-order valence-corrected chi connectivity index (χ0v) is 11.9. The van der Waals surface area contributed by atoms with Crippen LogP contribution in [0.3, 0.4) is 0 Å². The molecule has 1 aliphatic rings. The first-order valence-corrected chi connectivity index (χ1v) is 7.21. The van der Waals surface area contributed by atoms with Crippen molar-refractivity contribution in [1.82, 2.24) is 9.97 Å². The molecule has 0 bridgehead atoms. The highest BCUT2D eigenvalue weighted by Crippen LogP contribution is 2.20. The molecule has 5 nitrogen and oxygen atoms in total. The van der Waals surface area contributed by atoms with Crippen LogP contribution in [0.4, 0.5) is 11.6 Å². The summed E-state index contributed by atoms with van der Waals surface area (Å²) in [6.07, 6.45) is 3.81. The number of nitrogens with one attached hydrogen (secondary N) is 1. The molecule has 0 radical (unpaired) electrons. The summed E-state index contributed by atoms with van der Waals surface area (Å²) in [5.74, 6) is 2.67. The minimum atomic E-state index is -0.152. The number of aryl methyl sites for hydroxylation is 1.